The second kappa shape index (κ2) is 3.97. The Bertz CT molecular complexity index is 1410. The summed E-state index contributed by atoms with van der Waals surface area (Å²) in [5.74, 6) is 0.925. The van der Waals surface area contributed by atoms with Gasteiger partial charge in [0.2, 0.25) is 5.78 Å². The lowest BCUT2D eigenvalue weighted by Crippen LogP contribution is -1.90. The van der Waals surface area contributed by atoms with Crippen molar-refractivity contribution in [2.24, 2.45) is 0 Å². The molecule has 0 fully saturated rings. The first-order valence-electron chi connectivity index (χ1n) is 8.01. The molecule has 0 unspecified atom stereocenters. The molecule has 24 heavy (non-hydrogen) atoms. The predicted octanol–water partition coefficient (Wildman–Crippen LogP) is 4.95. The van der Waals surface area contributed by atoms with Gasteiger partial charge in [-0.15, -0.1) is 0 Å². The summed E-state index contributed by atoms with van der Waals surface area (Å²) >= 11 is 0. The van der Waals surface area contributed by atoms with Crippen molar-refractivity contribution in [1.82, 2.24) is 13.8 Å². The summed E-state index contributed by atoms with van der Waals surface area (Å²) in [5, 5.41) is 0. The lowest BCUT2D eigenvalue weighted by Gasteiger charge is -2.06. The van der Waals surface area contributed by atoms with E-state index in [0.29, 0.717) is 0 Å². The van der Waals surface area contributed by atoms with Crippen molar-refractivity contribution in [2.75, 3.05) is 0 Å². The Balaban J connectivity index is 2.08. The maximum atomic E-state index is 6.18. The highest BCUT2D eigenvalue weighted by atomic mass is 16.3. The number of hydrogen-bond acceptors (Lipinski definition) is 2. The van der Waals surface area contributed by atoms with Gasteiger partial charge in [-0.05, 0) is 48.9 Å². The van der Waals surface area contributed by atoms with Crippen molar-refractivity contribution < 1.29 is 4.42 Å². The van der Waals surface area contributed by atoms with Gasteiger partial charge in [-0.3, -0.25) is 8.80 Å². The van der Waals surface area contributed by atoms with Crippen molar-refractivity contribution in [3.8, 4) is 0 Å². The fourth-order valence-corrected chi connectivity index (χ4v) is 3.78. The average Bonchev–Trinajstić information content (AvgIpc) is 3.11. The zero-order valence-electron chi connectivity index (χ0n) is 13.0. The van der Waals surface area contributed by atoms with Gasteiger partial charge >= 0.3 is 0 Å². The summed E-state index contributed by atoms with van der Waals surface area (Å²) in [6, 6.07) is 20.7. The van der Waals surface area contributed by atoms with Crippen LogP contribution in [0.2, 0.25) is 0 Å². The third kappa shape index (κ3) is 1.32. The van der Waals surface area contributed by atoms with Crippen molar-refractivity contribution in [1.29, 1.82) is 0 Å². The fourth-order valence-electron chi connectivity index (χ4n) is 3.78. The molecule has 4 heteroatoms. The second-order valence-corrected chi connectivity index (χ2v) is 6.27. The molecule has 3 heterocycles. The monoisotopic (exact) mass is 311 g/mol. The quantitative estimate of drug-likeness (QED) is 0.372. The average molecular weight is 311 g/mol. The Labute approximate surface area is 136 Å². The van der Waals surface area contributed by atoms with Gasteiger partial charge in [0.15, 0.2) is 11.2 Å². The van der Waals surface area contributed by atoms with Crippen LogP contribution in [0.4, 0.5) is 0 Å². The van der Waals surface area contributed by atoms with Gasteiger partial charge in [0.05, 0.1) is 22.1 Å². The first-order chi connectivity index (χ1) is 11.8. The van der Waals surface area contributed by atoms with E-state index in [1.165, 1.54) is 5.56 Å². The Morgan fingerprint density at radius 1 is 0.792 bits per heavy atom. The number of para-hydroxylation sites is 4. The minimum Gasteiger partial charge on any atom is -0.453 e. The van der Waals surface area contributed by atoms with Crippen LogP contribution in [0.3, 0.4) is 0 Å². The van der Waals surface area contributed by atoms with E-state index in [9.17, 15) is 0 Å². The summed E-state index contributed by atoms with van der Waals surface area (Å²) in [7, 11) is 0. The van der Waals surface area contributed by atoms with Crippen LogP contribution >= 0.6 is 0 Å². The lowest BCUT2D eigenvalue weighted by molar-refractivity contribution is 0.655. The van der Waals surface area contributed by atoms with Gasteiger partial charge in [-0.25, -0.2) is 4.98 Å². The molecule has 6 aromatic rings. The Hall–Kier alpha value is -3.27. The highest BCUT2D eigenvalue weighted by Crippen LogP contribution is 2.33. The molecule has 0 aliphatic heterocycles. The molecule has 6 rings (SSSR count). The number of imidazole rings is 2. The smallest absolute Gasteiger partial charge is 0.220 e. The molecule has 3 aromatic heterocycles. The van der Waals surface area contributed by atoms with Crippen molar-refractivity contribution in [3.05, 3.63) is 66.2 Å². The third-order valence-electron chi connectivity index (χ3n) is 4.73. The highest BCUT2D eigenvalue weighted by molar-refractivity contribution is 6.01. The molecular weight excluding hydrogens is 298 g/mol. The maximum absolute atomic E-state index is 6.18. The Morgan fingerprint density at radius 3 is 2.50 bits per heavy atom. The van der Waals surface area contributed by atoms with E-state index in [1.807, 2.05) is 24.3 Å². The van der Waals surface area contributed by atoms with Gasteiger partial charge in [0.1, 0.15) is 5.52 Å². The van der Waals surface area contributed by atoms with Crippen molar-refractivity contribution in [3.63, 3.8) is 0 Å². The first-order valence-corrected chi connectivity index (χ1v) is 8.01. The minimum atomic E-state index is 0.863. The van der Waals surface area contributed by atoms with E-state index in [-0.39, 0.29) is 0 Å². The van der Waals surface area contributed by atoms with Crippen LogP contribution in [0, 0.1) is 6.92 Å². The molecule has 0 saturated carbocycles. The number of fused-ring (bicyclic) bond motifs is 7. The lowest BCUT2D eigenvalue weighted by atomic mass is 10.2. The molecule has 0 atom stereocenters. The third-order valence-corrected chi connectivity index (χ3v) is 4.73. The van der Waals surface area contributed by atoms with E-state index in [0.717, 1.165) is 44.5 Å². The zero-order valence-corrected chi connectivity index (χ0v) is 13.0. The SMILES string of the molecule is Cc1cc2oc3ccccc3n3c2c(c1)n1c2ccccc2nc13. The van der Waals surface area contributed by atoms with Crippen LogP contribution < -0.4 is 0 Å². The topological polar surface area (TPSA) is 34.9 Å². The summed E-state index contributed by atoms with van der Waals surface area (Å²) in [6.07, 6.45) is 0. The number of aryl methyl sites for hydroxylation is 1. The molecule has 4 nitrogen and oxygen atoms in total. The molecule has 114 valence electrons. The summed E-state index contributed by atoms with van der Waals surface area (Å²) in [4.78, 5) is 4.90. The summed E-state index contributed by atoms with van der Waals surface area (Å²) in [6.45, 7) is 2.10. The van der Waals surface area contributed by atoms with Gasteiger partial charge in [0, 0.05) is 0 Å². The number of aromatic nitrogens is 3. The van der Waals surface area contributed by atoms with Crippen LogP contribution in [0.5, 0.6) is 0 Å². The molecule has 0 radical (unpaired) electrons. The van der Waals surface area contributed by atoms with E-state index in [1.54, 1.807) is 0 Å². The van der Waals surface area contributed by atoms with E-state index in [2.05, 4.69) is 52.1 Å². The molecule has 0 amide bonds. The second-order valence-electron chi connectivity index (χ2n) is 6.27. The number of hydrogen-bond donors (Lipinski definition) is 0. The van der Waals surface area contributed by atoms with E-state index < -0.39 is 0 Å². The van der Waals surface area contributed by atoms with Gasteiger partial charge in [-0.2, -0.15) is 0 Å². The molecule has 0 bridgehead atoms. The van der Waals surface area contributed by atoms with Crippen molar-refractivity contribution >= 4 is 44.5 Å². The molecule has 0 saturated heterocycles. The van der Waals surface area contributed by atoms with Crippen molar-refractivity contribution in [2.45, 2.75) is 6.92 Å². The molecule has 0 aliphatic carbocycles. The largest absolute Gasteiger partial charge is 0.453 e. The number of rotatable bonds is 0. The normalized spacial score (nSPS) is 12.4. The number of nitrogens with zero attached hydrogens (tertiary/aromatic N) is 3. The summed E-state index contributed by atoms with van der Waals surface area (Å²) < 4.78 is 10.6. The maximum Gasteiger partial charge on any atom is 0.220 e. The van der Waals surface area contributed by atoms with Gasteiger partial charge in [-0.1, -0.05) is 24.3 Å². The van der Waals surface area contributed by atoms with Crippen LogP contribution in [-0.4, -0.2) is 13.8 Å². The van der Waals surface area contributed by atoms with Gasteiger partial charge in [0.25, 0.3) is 0 Å². The fraction of sp³-hybridized carbons (Fsp3) is 0.0500. The van der Waals surface area contributed by atoms with E-state index in [4.69, 9.17) is 9.40 Å². The minimum absolute atomic E-state index is 0.863. The highest BCUT2D eigenvalue weighted by Gasteiger charge is 2.19. The Morgan fingerprint density at radius 2 is 1.58 bits per heavy atom. The Kier molecular flexibility index (Phi) is 2.02. The molecule has 3 aromatic carbocycles. The van der Waals surface area contributed by atoms with Gasteiger partial charge < -0.3 is 4.42 Å². The standard InChI is InChI=1S/C20H13N3O/c1-12-10-16-19-18(11-12)24-17-9-5-4-8-15(17)23(19)20-21-13-6-2-3-7-14(13)22(16)20/h2-11H,1H3. The number of benzene rings is 3. The van der Waals surface area contributed by atoms with Crippen LogP contribution in [-0.2, 0) is 0 Å². The van der Waals surface area contributed by atoms with E-state index >= 15 is 0 Å². The molecule has 0 N–H and O–H groups in total. The first kappa shape index (κ1) is 12.2. The molecule has 0 aliphatic rings. The molecule has 0 spiro atoms. The summed E-state index contributed by atoms with van der Waals surface area (Å²) in [5.41, 5.74) is 8.28. The zero-order chi connectivity index (χ0) is 15.8. The van der Waals surface area contributed by atoms with Crippen LogP contribution in [0.15, 0.2) is 65.1 Å². The predicted molar refractivity (Wildman–Crippen MR) is 95.7 cm³/mol. The van der Waals surface area contributed by atoms with Crippen LogP contribution in [0.25, 0.3) is 44.5 Å². The molecular formula is C20H13N3O. The van der Waals surface area contributed by atoms with Crippen LogP contribution in [0.1, 0.15) is 5.56 Å².